The summed E-state index contributed by atoms with van der Waals surface area (Å²) in [6.45, 7) is 6.60. The summed E-state index contributed by atoms with van der Waals surface area (Å²) < 4.78 is 16.8. The maximum atomic E-state index is 12.8. The first-order valence-corrected chi connectivity index (χ1v) is 32.6. The van der Waals surface area contributed by atoms with Crippen molar-refractivity contribution in [1.29, 1.82) is 0 Å². The number of unbranched alkanes of at least 4 members (excludes halogenated alkanes) is 41. The Morgan fingerprint density at radius 2 is 0.486 bits per heavy atom. The number of ether oxygens (including phenoxy) is 3. The van der Waals surface area contributed by atoms with Gasteiger partial charge in [0, 0.05) is 19.3 Å². The Balaban J connectivity index is 4.04. The average molecular weight is 1040 g/mol. The van der Waals surface area contributed by atoms with E-state index in [9.17, 15) is 14.4 Å². The first kappa shape index (κ1) is 71.4. The van der Waals surface area contributed by atoms with Gasteiger partial charge in [0.15, 0.2) is 6.10 Å². The van der Waals surface area contributed by atoms with Crippen LogP contribution >= 0.6 is 0 Å². The molecule has 432 valence electrons. The van der Waals surface area contributed by atoms with Gasteiger partial charge < -0.3 is 14.2 Å². The highest BCUT2D eigenvalue weighted by atomic mass is 16.6. The Morgan fingerprint density at radius 1 is 0.270 bits per heavy atom. The maximum absolute atomic E-state index is 12.8. The summed E-state index contributed by atoms with van der Waals surface area (Å²) in [5, 5.41) is 0. The molecule has 0 aliphatic heterocycles. The summed E-state index contributed by atoms with van der Waals surface area (Å²) in [6, 6.07) is 0. The summed E-state index contributed by atoms with van der Waals surface area (Å²) >= 11 is 0. The number of hydrogen-bond donors (Lipinski definition) is 0. The Kier molecular flexibility index (Phi) is 60.7. The van der Waals surface area contributed by atoms with Gasteiger partial charge in [0.05, 0.1) is 0 Å². The Morgan fingerprint density at radius 3 is 0.743 bits per heavy atom. The van der Waals surface area contributed by atoms with Gasteiger partial charge in [0.1, 0.15) is 13.2 Å². The highest BCUT2D eigenvalue weighted by Crippen LogP contribution is 2.17. The molecule has 0 aliphatic rings. The molecule has 1 unspecified atom stereocenters. The van der Waals surface area contributed by atoms with Crippen molar-refractivity contribution in [2.45, 2.75) is 354 Å². The van der Waals surface area contributed by atoms with Crippen molar-refractivity contribution in [3.63, 3.8) is 0 Å². The molecule has 6 heteroatoms. The van der Waals surface area contributed by atoms with Gasteiger partial charge in [-0.1, -0.05) is 294 Å². The normalized spacial score (nSPS) is 12.3. The SMILES string of the molecule is CCCCCCC/C=C\C/C=C\CCCCCCCCCCCCCCCCCC(=O)OCC(COC(=O)CCCCCCCC)OC(=O)CCCCCCCCCCCCC/C=C\C/C=C\CCCCCCC. The quantitative estimate of drug-likeness (QED) is 0.0261. The molecule has 0 aromatic heterocycles. The second-order valence-corrected chi connectivity index (χ2v) is 22.0. The maximum Gasteiger partial charge on any atom is 0.306 e. The lowest BCUT2D eigenvalue weighted by molar-refractivity contribution is -0.167. The molecule has 0 bridgehead atoms. The standard InChI is InChI=1S/C68H124O6/c1-4-7-10-13-16-18-20-22-24-26-28-30-32-33-34-35-37-38-40-42-44-46-48-50-52-55-58-61-67(70)73-64-65(63-72-66(69)60-57-54-15-12-9-6-3)74-68(71)62-59-56-53-51-49-47-45-43-41-39-36-31-29-27-25-23-21-19-17-14-11-8-5-2/h20-23,26-29,65H,4-19,24-25,30-64H2,1-3H3/b22-20-,23-21-,28-26-,29-27-. The number of allylic oxidation sites excluding steroid dienone is 8. The van der Waals surface area contributed by atoms with E-state index >= 15 is 0 Å². The molecule has 0 aromatic rings. The summed E-state index contributed by atoms with van der Waals surface area (Å²) in [5.74, 6) is -0.864. The lowest BCUT2D eigenvalue weighted by Crippen LogP contribution is -2.30. The van der Waals surface area contributed by atoms with E-state index in [0.717, 1.165) is 70.6 Å². The molecule has 74 heavy (non-hydrogen) atoms. The third-order valence-corrected chi connectivity index (χ3v) is 14.6. The van der Waals surface area contributed by atoms with E-state index in [0.29, 0.717) is 19.3 Å². The molecular weight excluding hydrogens is 913 g/mol. The van der Waals surface area contributed by atoms with Crippen molar-refractivity contribution in [3.8, 4) is 0 Å². The fourth-order valence-corrected chi connectivity index (χ4v) is 9.62. The molecule has 0 aromatic carbocycles. The highest BCUT2D eigenvalue weighted by Gasteiger charge is 2.19. The van der Waals surface area contributed by atoms with Crippen molar-refractivity contribution in [2.75, 3.05) is 13.2 Å². The number of carbonyl (C=O) groups excluding carboxylic acids is 3. The van der Waals surface area contributed by atoms with Gasteiger partial charge in [-0.05, 0) is 83.5 Å². The van der Waals surface area contributed by atoms with Crippen molar-refractivity contribution in [2.24, 2.45) is 0 Å². The second kappa shape index (κ2) is 62.9. The molecule has 0 rings (SSSR count). The zero-order valence-corrected chi connectivity index (χ0v) is 49.6. The van der Waals surface area contributed by atoms with Crippen LogP contribution in [0.15, 0.2) is 48.6 Å². The van der Waals surface area contributed by atoms with Gasteiger partial charge >= 0.3 is 17.9 Å². The minimum Gasteiger partial charge on any atom is -0.462 e. The van der Waals surface area contributed by atoms with Crippen LogP contribution in [0.5, 0.6) is 0 Å². The zero-order chi connectivity index (χ0) is 53.6. The number of hydrogen-bond acceptors (Lipinski definition) is 6. The van der Waals surface area contributed by atoms with Crippen LogP contribution in [-0.4, -0.2) is 37.2 Å². The summed E-state index contributed by atoms with van der Waals surface area (Å²) in [7, 11) is 0. The van der Waals surface area contributed by atoms with E-state index in [1.54, 1.807) is 0 Å². The minimum atomic E-state index is -0.770. The van der Waals surface area contributed by atoms with Gasteiger partial charge in [-0.25, -0.2) is 0 Å². The summed E-state index contributed by atoms with van der Waals surface area (Å²) in [6.07, 6.45) is 78.7. The topological polar surface area (TPSA) is 78.9 Å². The predicted molar refractivity (Wildman–Crippen MR) is 321 cm³/mol. The van der Waals surface area contributed by atoms with E-state index in [1.807, 2.05) is 0 Å². The van der Waals surface area contributed by atoms with Crippen molar-refractivity contribution in [1.82, 2.24) is 0 Å². The molecule has 0 N–H and O–H groups in total. The van der Waals surface area contributed by atoms with E-state index in [4.69, 9.17) is 14.2 Å². The van der Waals surface area contributed by atoms with Crippen molar-refractivity contribution < 1.29 is 28.6 Å². The monoisotopic (exact) mass is 1040 g/mol. The fraction of sp³-hybridized carbons (Fsp3) is 0.838. The summed E-state index contributed by atoms with van der Waals surface area (Å²) in [5.41, 5.74) is 0. The third kappa shape index (κ3) is 60.2. The Bertz CT molecular complexity index is 1280. The van der Waals surface area contributed by atoms with Gasteiger partial charge in [-0.2, -0.15) is 0 Å². The highest BCUT2D eigenvalue weighted by molar-refractivity contribution is 5.71. The van der Waals surface area contributed by atoms with Crippen molar-refractivity contribution >= 4 is 17.9 Å². The molecule has 0 heterocycles. The summed E-state index contributed by atoms with van der Waals surface area (Å²) in [4.78, 5) is 38.0. The van der Waals surface area contributed by atoms with E-state index in [-0.39, 0.29) is 31.1 Å². The Hall–Kier alpha value is -2.63. The molecule has 0 amide bonds. The minimum absolute atomic E-state index is 0.0707. The van der Waals surface area contributed by atoms with Crippen LogP contribution < -0.4 is 0 Å². The molecule has 0 spiro atoms. The number of rotatable bonds is 60. The lowest BCUT2D eigenvalue weighted by Gasteiger charge is -2.18. The van der Waals surface area contributed by atoms with E-state index in [2.05, 4.69) is 69.4 Å². The first-order chi connectivity index (χ1) is 36.5. The van der Waals surface area contributed by atoms with Gasteiger partial charge in [0.25, 0.3) is 0 Å². The Labute approximate surface area is 460 Å². The van der Waals surface area contributed by atoms with E-state index in [1.165, 1.54) is 238 Å². The molecule has 6 nitrogen and oxygen atoms in total. The van der Waals surface area contributed by atoms with E-state index < -0.39 is 6.10 Å². The smallest absolute Gasteiger partial charge is 0.306 e. The zero-order valence-electron chi connectivity index (χ0n) is 49.6. The van der Waals surface area contributed by atoms with Gasteiger partial charge in [-0.15, -0.1) is 0 Å². The lowest BCUT2D eigenvalue weighted by atomic mass is 10.0. The molecule has 0 aliphatic carbocycles. The molecule has 1 atom stereocenters. The van der Waals surface area contributed by atoms with Crippen LogP contribution in [0.3, 0.4) is 0 Å². The van der Waals surface area contributed by atoms with Gasteiger partial charge in [-0.3, -0.25) is 14.4 Å². The predicted octanol–water partition coefficient (Wildman–Crippen LogP) is 22.2. The van der Waals surface area contributed by atoms with Crippen LogP contribution in [0.1, 0.15) is 348 Å². The van der Waals surface area contributed by atoms with Crippen LogP contribution in [0.4, 0.5) is 0 Å². The average Bonchev–Trinajstić information content (AvgIpc) is 3.40. The van der Waals surface area contributed by atoms with Crippen LogP contribution in [0.2, 0.25) is 0 Å². The van der Waals surface area contributed by atoms with Crippen molar-refractivity contribution in [3.05, 3.63) is 48.6 Å². The van der Waals surface area contributed by atoms with Crippen LogP contribution in [-0.2, 0) is 28.6 Å². The molecule has 0 fully saturated rings. The molecule has 0 saturated carbocycles. The molecule has 0 saturated heterocycles. The largest absolute Gasteiger partial charge is 0.462 e. The van der Waals surface area contributed by atoms with Crippen LogP contribution in [0.25, 0.3) is 0 Å². The number of carbonyl (C=O) groups is 3. The molecular formula is C68H124O6. The second-order valence-electron chi connectivity index (χ2n) is 22.0. The first-order valence-electron chi connectivity index (χ1n) is 32.6. The number of esters is 3. The van der Waals surface area contributed by atoms with Crippen LogP contribution in [0, 0.1) is 0 Å². The third-order valence-electron chi connectivity index (χ3n) is 14.6. The fourth-order valence-electron chi connectivity index (χ4n) is 9.62. The van der Waals surface area contributed by atoms with Gasteiger partial charge in [0.2, 0.25) is 0 Å². The molecule has 0 radical (unpaired) electrons.